The highest BCUT2D eigenvalue weighted by molar-refractivity contribution is 7.20. The summed E-state index contributed by atoms with van der Waals surface area (Å²) in [6.07, 6.45) is 2.79. The van der Waals surface area contributed by atoms with Gasteiger partial charge in [0, 0.05) is 6.54 Å². The Balaban J connectivity index is 4.08. The van der Waals surface area contributed by atoms with Gasteiger partial charge >= 0.3 is 14.6 Å². The SMILES string of the molecule is CCCCCN([PH+]=O)C(CO)C(=O)O. The molecule has 0 amide bonds. The van der Waals surface area contributed by atoms with Gasteiger partial charge in [-0.3, -0.25) is 4.79 Å². The van der Waals surface area contributed by atoms with Crippen molar-refractivity contribution in [2.75, 3.05) is 13.2 Å². The second-order valence-corrected chi connectivity index (χ2v) is 3.79. The molecule has 0 aliphatic carbocycles. The molecular weight excluding hydrogens is 205 g/mol. The summed E-state index contributed by atoms with van der Waals surface area (Å²) in [6.45, 7) is 1.98. The molecule has 0 heterocycles. The Morgan fingerprint density at radius 1 is 1.50 bits per heavy atom. The van der Waals surface area contributed by atoms with Gasteiger partial charge in [0.25, 0.3) is 0 Å². The molecule has 0 aromatic carbocycles. The van der Waals surface area contributed by atoms with Crippen molar-refractivity contribution in [3.05, 3.63) is 0 Å². The molecule has 0 bridgehead atoms. The number of nitrogens with zero attached hydrogens (tertiary/aromatic N) is 1. The van der Waals surface area contributed by atoms with Crippen LogP contribution in [0.1, 0.15) is 26.2 Å². The molecule has 0 fully saturated rings. The monoisotopic (exact) mass is 222 g/mol. The third kappa shape index (κ3) is 4.65. The molecule has 14 heavy (non-hydrogen) atoms. The van der Waals surface area contributed by atoms with Crippen LogP contribution in [0.4, 0.5) is 0 Å². The number of carboxylic acids is 1. The van der Waals surface area contributed by atoms with Gasteiger partial charge in [-0.1, -0.05) is 29.0 Å². The van der Waals surface area contributed by atoms with Crippen LogP contribution >= 0.6 is 8.61 Å². The van der Waals surface area contributed by atoms with Crippen LogP contribution in [-0.4, -0.2) is 40.0 Å². The molecule has 0 spiro atoms. The first kappa shape index (κ1) is 13.5. The number of unbranched alkanes of at least 4 members (excludes halogenated alkanes) is 2. The summed E-state index contributed by atoms with van der Waals surface area (Å²) in [7, 11) is -0.817. The molecule has 0 saturated carbocycles. The van der Waals surface area contributed by atoms with Crippen molar-refractivity contribution in [1.29, 1.82) is 0 Å². The van der Waals surface area contributed by atoms with E-state index in [9.17, 15) is 9.36 Å². The lowest BCUT2D eigenvalue weighted by Gasteiger charge is -2.13. The fourth-order valence-corrected chi connectivity index (χ4v) is 1.68. The molecule has 0 aromatic heterocycles. The summed E-state index contributed by atoms with van der Waals surface area (Å²) in [5.41, 5.74) is 0. The van der Waals surface area contributed by atoms with Gasteiger partial charge in [0.1, 0.15) is 0 Å². The zero-order valence-corrected chi connectivity index (χ0v) is 9.27. The van der Waals surface area contributed by atoms with E-state index in [1.54, 1.807) is 0 Å². The van der Waals surface area contributed by atoms with Crippen molar-refractivity contribution >= 4 is 14.6 Å². The van der Waals surface area contributed by atoms with Gasteiger partial charge in [0.2, 0.25) is 0 Å². The lowest BCUT2D eigenvalue weighted by molar-refractivity contribution is -0.142. The Bertz CT molecular complexity index is 188. The Morgan fingerprint density at radius 2 is 2.14 bits per heavy atom. The summed E-state index contributed by atoms with van der Waals surface area (Å²) in [5.74, 6) is -1.13. The molecule has 2 unspecified atom stereocenters. The third-order valence-electron chi connectivity index (χ3n) is 1.95. The fourth-order valence-electron chi connectivity index (χ4n) is 1.11. The van der Waals surface area contributed by atoms with Crippen molar-refractivity contribution < 1.29 is 19.6 Å². The van der Waals surface area contributed by atoms with Gasteiger partial charge in [0.15, 0.2) is 6.04 Å². The highest BCUT2D eigenvalue weighted by atomic mass is 31.1. The number of carboxylic acid groups (broad SMARTS) is 1. The number of hydrogen-bond donors (Lipinski definition) is 2. The van der Waals surface area contributed by atoms with Crippen LogP contribution in [0.25, 0.3) is 0 Å². The summed E-state index contributed by atoms with van der Waals surface area (Å²) in [5, 5.41) is 17.5. The smallest absolute Gasteiger partial charge is 0.421 e. The van der Waals surface area contributed by atoms with Gasteiger partial charge < -0.3 is 10.2 Å². The molecule has 6 heteroatoms. The first-order valence-electron chi connectivity index (χ1n) is 4.65. The van der Waals surface area contributed by atoms with E-state index in [4.69, 9.17) is 10.2 Å². The van der Waals surface area contributed by atoms with Gasteiger partial charge in [-0.25, -0.2) is 0 Å². The predicted molar refractivity (Wildman–Crippen MR) is 53.7 cm³/mol. The largest absolute Gasteiger partial charge is 0.480 e. The Hall–Kier alpha value is -0.510. The van der Waals surface area contributed by atoms with E-state index in [-0.39, 0.29) is 0 Å². The van der Waals surface area contributed by atoms with Gasteiger partial charge in [-0.05, 0) is 6.42 Å². The number of aliphatic hydroxyl groups is 1. The predicted octanol–water partition coefficient (Wildman–Crippen LogP) is 0.863. The van der Waals surface area contributed by atoms with Crippen molar-refractivity contribution in [3.63, 3.8) is 0 Å². The van der Waals surface area contributed by atoms with Crippen molar-refractivity contribution in [2.24, 2.45) is 0 Å². The molecule has 0 saturated heterocycles. The third-order valence-corrected chi connectivity index (χ3v) is 2.72. The number of aliphatic carboxylic acids is 1. The topological polar surface area (TPSA) is 77.8 Å². The maximum atomic E-state index is 10.7. The van der Waals surface area contributed by atoms with Gasteiger partial charge in [-0.15, -0.1) is 0 Å². The van der Waals surface area contributed by atoms with Crippen LogP contribution in [0.2, 0.25) is 0 Å². The van der Waals surface area contributed by atoms with Crippen molar-refractivity contribution in [2.45, 2.75) is 32.2 Å². The van der Waals surface area contributed by atoms with Crippen LogP contribution in [0.5, 0.6) is 0 Å². The average Bonchev–Trinajstić information content (AvgIpc) is 2.16. The maximum Gasteiger partial charge on any atom is 0.421 e. The molecule has 0 rings (SSSR count). The first-order chi connectivity index (χ1) is 6.67. The van der Waals surface area contributed by atoms with Crippen LogP contribution in [0, 0.1) is 0 Å². The van der Waals surface area contributed by atoms with Gasteiger partial charge in [-0.2, -0.15) is 0 Å². The molecule has 5 nitrogen and oxygen atoms in total. The molecule has 0 aliphatic heterocycles. The molecule has 2 N–H and O–H groups in total. The lowest BCUT2D eigenvalue weighted by Crippen LogP contribution is -2.38. The normalized spacial score (nSPS) is 13.4. The minimum atomic E-state index is -1.13. The van der Waals surface area contributed by atoms with Gasteiger partial charge in [0.05, 0.1) is 6.61 Å². The van der Waals surface area contributed by atoms with E-state index < -0.39 is 27.2 Å². The number of aliphatic hydroxyl groups excluding tert-OH is 1. The molecule has 2 atom stereocenters. The Labute approximate surface area is 85.0 Å². The van der Waals surface area contributed by atoms with Crippen molar-refractivity contribution in [3.8, 4) is 0 Å². The van der Waals surface area contributed by atoms with Crippen LogP contribution in [0.15, 0.2) is 0 Å². The second kappa shape index (κ2) is 7.85. The van der Waals surface area contributed by atoms with Crippen molar-refractivity contribution in [1.82, 2.24) is 4.67 Å². The Morgan fingerprint density at radius 3 is 2.50 bits per heavy atom. The van der Waals surface area contributed by atoms with Crippen LogP contribution < -0.4 is 0 Å². The Kier molecular flexibility index (Phi) is 7.57. The maximum absolute atomic E-state index is 10.7. The standard InChI is InChI=1S/C8H16NO4P/c1-2-3-4-5-9(14-13)7(6-10)8(11)12/h7,10H,2-6H2,1H3,(H,11,12)/p+1. The zero-order valence-electron chi connectivity index (χ0n) is 8.27. The molecular formula is C8H17NO4P+. The first-order valence-corrected chi connectivity index (χ1v) is 5.51. The van der Waals surface area contributed by atoms with E-state index in [0.29, 0.717) is 6.54 Å². The molecule has 0 radical (unpaired) electrons. The molecule has 0 aromatic rings. The van der Waals surface area contributed by atoms with Crippen LogP contribution in [-0.2, 0) is 9.36 Å². The van der Waals surface area contributed by atoms with E-state index in [0.717, 1.165) is 19.3 Å². The summed E-state index contributed by atoms with van der Waals surface area (Å²) in [4.78, 5) is 10.6. The quantitative estimate of drug-likeness (QED) is 0.470. The highest BCUT2D eigenvalue weighted by Crippen LogP contribution is 2.13. The van der Waals surface area contributed by atoms with E-state index in [1.807, 2.05) is 6.92 Å². The molecule has 82 valence electrons. The number of rotatable bonds is 8. The van der Waals surface area contributed by atoms with E-state index >= 15 is 0 Å². The summed E-state index contributed by atoms with van der Waals surface area (Å²) in [6, 6.07) is -1.04. The van der Waals surface area contributed by atoms with Crippen LogP contribution in [0.3, 0.4) is 0 Å². The minimum Gasteiger partial charge on any atom is -0.480 e. The summed E-state index contributed by atoms with van der Waals surface area (Å²) >= 11 is 0. The fraction of sp³-hybridized carbons (Fsp3) is 0.875. The highest BCUT2D eigenvalue weighted by Gasteiger charge is 2.29. The zero-order chi connectivity index (χ0) is 11.0. The average molecular weight is 222 g/mol. The molecule has 0 aliphatic rings. The van der Waals surface area contributed by atoms with E-state index in [2.05, 4.69) is 0 Å². The minimum absolute atomic E-state index is 0.452. The summed E-state index contributed by atoms with van der Waals surface area (Å²) < 4.78 is 12.0. The number of hydrogen-bond acceptors (Lipinski definition) is 3. The lowest BCUT2D eigenvalue weighted by atomic mass is 10.2. The second-order valence-electron chi connectivity index (χ2n) is 3.03. The number of carbonyl (C=O) groups is 1. The van der Waals surface area contributed by atoms with E-state index in [1.165, 1.54) is 4.67 Å².